The molecule has 2 aliphatic rings. The van der Waals surface area contributed by atoms with Crippen molar-refractivity contribution >= 4 is 23.3 Å². The first-order valence-electron chi connectivity index (χ1n) is 5.91. The van der Waals surface area contributed by atoms with Crippen molar-refractivity contribution in [3.05, 3.63) is 12.3 Å². The summed E-state index contributed by atoms with van der Waals surface area (Å²) in [5.74, 6) is -3.96. The van der Waals surface area contributed by atoms with E-state index in [-0.39, 0.29) is 12.2 Å². The molecular formula is C12H15ClFNO4. The molecule has 4 atom stereocenters. The molecule has 5 nitrogen and oxygen atoms in total. The molecule has 2 aliphatic heterocycles. The van der Waals surface area contributed by atoms with Crippen LogP contribution in [0.3, 0.4) is 0 Å². The van der Waals surface area contributed by atoms with Gasteiger partial charge in [0.15, 0.2) is 12.0 Å². The minimum absolute atomic E-state index is 0.296. The summed E-state index contributed by atoms with van der Waals surface area (Å²) in [6.45, 7) is 2.20. The van der Waals surface area contributed by atoms with E-state index in [1.807, 2.05) is 0 Å². The number of allylic oxidation sites excluding steroid dienone is 1. The topological polar surface area (TPSA) is 66.8 Å². The average Bonchev–Trinajstić information content (AvgIpc) is 2.51. The fourth-order valence-electron chi connectivity index (χ4n) is 2.30. The zero-order valence-corrected chi connectivity index (χ0v) is 11.4. The Labute approximate surface area is 115 Å². The number of ether oxygens (including phenoxy) is 1. The van der Waals surface area contributed by atoms with Crippen molar-refractivity contribution in [2.75, 3.05) is 6.61 Å². The first-order chi connectivity index (χ1) is 8.72. The number of carbonyl (C=O) groups is 2. The molecule has 0 bridgehead atoms. The van der Waals surface area contributed by atoms with Gasteiger partial charge in [-0.2, -0.15) is 0 Å². The van der Waals surface area contributed by atoms with Gasteiger partial charge in [-0.15, -0.1) is 11.6 Å². The van der Waals surface area contributed by atoms with Gasteiger partial charge in [-0.25, -0.2) is 4.39 Å². The standard InChI is InChI=1S/C12H15ClFNO4/c1-7-11(2,13)10(19-12(7,14)6-16)15-4-3-8(17)5-9(15)18/h3-4,7,10,16H,5-6H2,1-2H3/t7-,10+,11+,12+/m0/s1. The minimum Gasteiger partial charge on any atom is -0.390 e. The molecule has 1 saturated heterocycles. The van der Waals surface area contributed by atoms with E-state index >= 15 is 0 Å². The Hall–Kier alpha value is -0.980. The van der Waals surface area contributed by atoms with Gasteiger partial charge in [0.25, 0.3) is 0 Å². The maximum Gasteiger partial charge on any atom is 0.238 e. The summed E-state index contributed by atoms with van der Waals surface area (Å²) in [5, 5.41) is 9.12. The van der Waals surface area contributed by atoms with Gasteiger partial charge in [0.1, 0.15) is 6.61 Å². The molecule has 2 rings (SSSR count). The number of amides is 1. The molecule has 1 fully saturated rings. The number of halogens is 2. The average molecular weight is 292 g/mol. The first kappa shape index (κ1) is 14.4. The third-order valence-electron chi connectivity index (χ3n) is 3.79. The van der Waals surface area contributed by atoms with Crippen LogP contribution in [0, 0.1) is 5.92 Å². The van der Waals surface area contributed by atoms with E-state index in [1.54, 1.807) is 6.92 Å². The Balaban J connectivity index is 2.33. The number of alkyl halides is 2. The predicted octanol–water partition coefficient (Wildman–Crippen LogP) is 0.949. The second-order valence-electron chi connectivity index (χ2n) is 5.05. The van der Waals surface area contributed by atoms with Crippen molar-refractivity contribution in [1.29, 1.82) is 0 Å². The lowest BCUT2D eigenvalue weighted by molar-refractivity contribution is -0.200. The van der Waals surface area contributed by atoms with Crippen LogP contribution in [0.2, 0.25) is 0 Å². The fourth-order valence-corrected chi connectivity index (χ4v) is 2.61. The number of aliphatic hydroxyl groups is 1. The molecule has 0 aromatic carbocycles. The molecule has 0 saturated carbocycles. The molecule has 0 unspecified atom stereocenters. The lowest BCUT2D eigenvalue weighted by Crippen LogP contribution is -2.49. The van der Waals surface area contributed by atoms with Crippen molar-refractivity contribution in [2.24, 2.45) is 5.92 Å². The third kappa shape index (κ3) is 2.17. The number of ketones is 1. The summed E-state index contributed by atoms with van der Waals surface area (Å²) >= 11 is 6.29. The van der Waals surface area contributed by atoms with Crippen LogP contribution in [0.5, 0.6) is 0 Å². The molecule has 0 spiro atoms. The van der Waals surface area contributed by atoms with Crippen LogP contribution in [0.25, 0.3) is 0 Å². The fraction of sp³-hybridized carbons (Fsp3) is 0.667. The van der Waals surface area contributed by atoms with Crippen LogP contribution in [0.15, 0.2) is 12.3 Å². The van der Waals surface area contributed by atoms with Gasteiger partial charge in [-0.3, -0.25) is 14.5 Å². The summed E-state index contributed by atoms with van der Waals surface area (Å²) in [6, 6.07) is 0. The molecule has 106 valence electrons. The summed E-state index contributed by atoms with van der Waals surface area (Å²) < 4.78 is 19.5. The lowest BCUT2D eigenvalue weighted by Gasteiger charge is -2.34. The molecule has 0 aromatic heterocycles. The van der Waals surface area contributed by atoms with Crippen LogP contribution in [-0.4, -0.2) is 45.3 Å². The Kier molecular flexibility index (Phi) is 3.45. The van der Waals surface area contributed by atoms with E-state index in [0.717, 1.165) is 4.90 Å². The number of hydrogen-bond acceptors (Lipinski definition) is 4. The largest absolute Gasteiger partial charge is 0.390 e. The zero-order valence-electron chi connectivity index (χ0n) is 10.6. The SMILES string of the molecule is C[C@H]1[C@@](C)(Cl)[C@H](N2C=CC(=O)CC2=O)O[C@]1(F)CO. The van der Waals surface area contributed by atoms with Crippen molar-refractivity contribution in [1.82, 2.24) is 4.90 Å². The monoisotopic (exact) mass is 291 g/mol. The highest BCUT2D eigenvalue weighted by Gasteiger charge is 2.62. The first-order valence-corrected chi connectivity index (χ1v) is 6.29. The van der Waals surface area contributed by atoms with E-state index in [1.165, 1.54) is 19.2 Å². The van der Waals surface area contributed by atoms with Gasteiger partial charge in [0.05, 0.1) is 11.3 Å². The molecule has 0 radical (unpaired) electrons. The summed E-state index contributed by atoms with van der Waals surface area (Å²) in [5.41, 5.74) is 0. The van der Waals surface area contributed by atoms with Crippen molar-refractivity contribution in [2.45, 2.75) is 37.2 Å². The van der Waals surface area contributed by atoms with Gasteiger partial charge in [0, 0.05) is 12.1 Å². The maximum atomic E-state index is 14.4. The summed E-state index contributed by atoms with van der Waals surface area (Å²) in [7, 11) is 0. The molecule has 2 heterocycles. The Bertz CT molecular complexity index is 453. The molecular weight excluding hydrogens is 277 g/mol. The third-order valence-corrected chi connectivity index (χ3v) is 4.30. The van der Waals surface area contributed by atoms with Crippen LogP contribution >= 0.6 is 11.6 Å². The molecule has 7 heteroatoms. The second-order valence-corrected chi connectivity index (χ2v) is 5.86. The number of aliphatic hydroxyl groups excluding tert-OH is 1. The van der Waals surface area contributed by atoms with Crippen molar-refractivity contribution < 1.29 is 23.8 Å². The highest BCUT2D eigenvalue weighted by Crippen LogP contribution is 2.49. The Morgan fingerprint density at radius 2 is 2.26 bits per heavy atom. The molecule has 1 amide bonds. The van der Waals surface area contributed by atoms with Crippen molar-refractivity contribution in [3.8, 4) is 0 Å². The van der Waals surface area contributed by atoms with E-state index < -0.39 is 35.4 Å². The molecule has 1 N–H and O–H groups in total. The molecule has 0 aliphatic carbocycles. The highest BCUT2D eigenvalue weighted by molar-refractivity contribution is 6.24. The highest BCUT2D eigenvalue weighted by atomic mass is 35.5. The number of carbonyl (C=O) groups excluding carboxylic acids is 2. The van der Waals surface area contributed by atoms with E-state index in [4.69, 9.17) is 21.4 Å². The van der Waals surface area contributed by atoms with E-state index in [9.17, 15) is 14.0 Å². The number of nitrogens with zero attached hydrogens (tertiary/aromatic N) is 1. The van der Waals surface area contributed by atoms with E-state index in [2.05, 4.69) is 0 Å². The minimum atomic E-state index is -2.31. The van der Waals surface area contributed by atoms with E-state index in [0.29, 0.717) is 0 Å². The Morgan fingerprint density at radius 1 is 1.63 bits per heavy atom. The van der Waals surface area contributed by atoms with Crippen LogP contribution < -0.4 is 0 Å². The van der Waals surface area contributed by atoms with Gasteiger partial charge >= 0.3 is 0 Å². The zero-order chi connectivity index (χ0) is 14.4. The summed E-state index contributed by atoms with van der Waals surface area (Å²) in [6.07, 6.45) is 1.10. The smallest absolute Gasteiger partial charge is 0.238 e. The number of hydrogen-bond donors (Lipinski definition) is 1. The van der Waals surface area contributed by atoms with Crippen LogP contribution in [-0.2, 0) is 14.3 Å². The molecule has 0 aromatic rings. The van der Waals surface area contributed by atoms with Crippen LogP contribution in [0.4, 0.5) is 4.39 Å². The Morgan fingerprint density at radius 3 is 2.74 bits per heavy atom. The molecule has 19 heavy (non-hydrogen) atoms. The van der Waals surface area contributed by atoms with Crippen LogP contribution in [0.1, 0.15) is 20.3 Å². The van der Waals surface area contributed by atoms with Crippen molar-refractivity contribution in [3.63, 3.8) is 0 Å². The van der Waals surface area contributed by atoms with Gasteiger partial charge < -0.3 is 9.84 Å². The maximum absolute atomic E-state index is 14.4. The van der Waals surface area contributed by atoms with Gasteiger partial charge in [0.2, 0.25) is 11.8 Å². The van der Waals surface area contributed by atoms with Gasteiger partial charge in [-0.1, -0.05) is 6.92 Å². The second kappa shape index (κ2) is 4.54. The summed E-state index contributed by atoms with van der Waals surface area (Å²) in [4.78, 5) is 22.8. The quantitative estimate of drug-likeness (QED) is 0.608. The number of rotatable bonds is 2. The lowest BCUT2D eigenvalue weighted by atomic mass is 9.90. The van der Waals surface area contributed by atoms with Gasteiger partial charge in [-0.05, 0) is 13.0 Å². The normalized spacial score (nSPS) is 43.1. The predicted molar refractivity (Wildman–Crippen MR) is 64.8 cm³/mol.